The first-order valence-electron chi connectivity index (χ1n) is 7.51. The molecular formula is C18H18N2O4. The van der Waals surface area contributed by atoms with Crippen LogP contribution in [0.4, 0.5) is 0 Å². The van der Waals surface area contributed by atoms with Crippen molar-refractivity contribution in [2.75, 3.05) is 7.11 Å². The lowest BCUT2D eigenvalue weighted by molar-refractivity contribution is 0.103. The van der Waals surface area contributed by atoms with E-state index in [-0.39, 0.29) is 23.2 Å². The fraction of sp³-hybridized carbons (Fsp3) is 0.278. The van der Waals surface area contributed by atoms with Gasteiger partial charge in [-0.05, 0) is 43.2 Å². The van der Waals surface area contributed by atoms with Crippen LogP contribution in [0.3, 0.4) is 0 Å². The maximum Gasteiger partial charge on any atom is 0.271 e. The van der Waals surface area contributed by atoms with E-state index in [0.717, 1.165) is 4.57 Å². The van der Waals surface area contributed by atoms with Crippen LogP contribution in [0.15, 0.2) is 29.1 Å². The maximum absolute atomic E-state index is 12.8. The summed E-state index contributed by atoms with van der Waals surface area (Å²) in [7, 11) is 1.52. The molecule has 0 unspecified atom stereocenters. The molecule has 0 aliphatic rings. The molecule has 0 fully saturated rings. The lowest BCUT2D eigenvalue weighted by atomic mass is 9.97. The Balaban J connectivity index is 2.68. The highest BCUT2D eigenvalue weighted by Gasteiger charge is 2.24. The number of hydrogen-bond acceptors (Lipinski definition) is 5. The van der Waals surface area contributed by atoms with E-state index in [9.17, 15) is 20.0 Å². The quantitative estimate of drug-likeness (QED) is 0.852. The number of nitrogens with zero attached hydrogens (tertiary/aromatic N) is 2. The van der Waals surface area contributed by atoms with E-state index in [4.69, 9.17) is 4.74 Å². The third kappa shape index (κ3) is 2.88. The highest BCUT2D eigenvalue weighted by atomic mass is 16.5. The summed E-state index contributed by atoms with van der Waals surface area (Å²) in [6.45, 7) is 3.55. The summed E-state index contributed by atoms with van der Waals surface area (Å²) in [6.07, 6.45) is 0.581. The second-order valence-electron chi connectivity index (χ2n) is 5.32. The van der Waals surface area contributed by atoms with Crippen molar-refractivity contribution in [2.45, 2.75) is 26.8 Å². The van der Waals surface area contributed by atoms with Crippen molar-refractivity contribution in [2.24, 2.45) is 0 Å². The van der Waals surface area contributed by atoms with Gasteiger partial charge in [0.05, 0.1) is 12.7 Å². The van der Waals surface area contributed by atoms with Crippen LogP contribution in [0.25, 0.3) is 0 Å². The minimum absolute atomic E-state index is 0.0234. The molecule has 2 aromatic rings. The van der Waals surface area contributed by atoms with E-state index >= 15 is 0 Å². The van der Waals surface area contributed by atoms with Crippen molar-refractivity contribution in [3.05, 3.63) is 56.9 Å². The first kappa shape index (κ1) is 17.3. The number of carbonyl (C=O) groups is 1. The molecule has 1 aromatic heterocycles. The molecule has 0 radical (unpaired) electrons. The van der Waals surface area contributed by atoms with Gasteiger partial charge in [0.15, 0.2) is 5.78 Å². The number of hydrogen-bond donors (Lipinski definition) is 1. The van der Waals surface area contributed by atoms with Crippen LogP contribution >= 0.6 is 0 Å². The fourth-order valence-electron chi connectivity index (χ4n) is 2.54. The van der Waals surface area contributed by atoms with Crippen molar-refractivity contribution < 1.29 is 14.6 Å². The first-order valence-corrected chi connectivity index (χ1v) is 7.51. The van der Waals surface area contributed by atoms with Gasteiger partial charge in [-0.15, -0.1) is 0 Å². The third-order valence-electron chi connectivity index (χ3n) is 3.83. The van der Waals surface area contributed by atoms with Gasteiger partial charge in [0.2, 0.25) is 5.88 Å². The van der Waals surface area contributed by atoms with Gasteiger partial charge in [0, 0.05) is 12.1 Å². The lowest BCUT2D eigenvalue weighted by Gasteiger charge is -2.15. The zero-order valence-corrected chi connectivity index (χ0v) is 13.8. The molecule has 0 atom stereocenters. The number of carbonyl (C=O) groups excluding carboxylic acids is 1. The molecular weight excluding hydrogens is 308 g/mol. The van der Waals surface area contributed by atoms with Gasteiger partial charge in [-0.25, -0.2) is 0 Å². The van der Waals surface area contributed by atoms with Crippen molar-refractivity contribution in [1.82, 2.24) is 4.57 Å². The van der Waals surface area contributed by atoms with E-state index in [1.54, 1.807) is 24.3 Å². The maximum atomic E-state index is 12.8. The number of aromatic hydroxyl groups is 1. The molecule has 2 rings (SSSR count). The summed E-state index contributed by atoms with van der Waals surface area (Å²) in [6, 6.07) is 8.24. The Bertz CT molecular complexity index is 874. The zero-order chi connectivity index (χ0) is 17.9. The van der Waals surface area contributed by atoms with Crippen LogP contribution in [0, 0.1) is 18.3 Å². The Kier molecular flexibility index (Phi) is 5.05. The topological polar surface area (TPSA) is 92.3 Å². The molecule has 0 amide bonds. The summed E-state index contributed by atoms with van der Waals surface area (Å²) in [5.74, 6) is -0.255. The number of ketones is 1. The standard InChI is InChI=1S/C18H18N2O4/c1-4-9-20-17(22)14(10-19)11(2)15(18(20)23)16(21)12-5-7-13(24-3)8-6-12/h5-8,23H,4,9H2,1-3H3. The Hall–Kier alpha value is -3.07. The average Bonchev–Trinajstić information content (AvgIpc) is 2.59. The van der Waals surface area contributed by atoms with Crippen LogP contribution < -0.4 is 10.3 Å². The molecule has 124 valence electrons. The van der Waals surface area contributed by atoms with Gasteiger partial charge in [-0.3, -0.25) is 14.2 Å². The Morgan fingerprint density at radius 1 is 1.33 bits per heavy atom. The molecule has 1 N–H and O–H groups in total. The average molecular weight is 326 g/mol. The molecule has 24 heavy (non-hydrogen) atoms. The SMILES string of the molecule is CCCn1c(O)c(C(=O)c2ccc(OC)cc2)c(C)c(C#N)c1=O. The predicted octanol–water partition coefficient (Wildman–Crippen LogP) is 2.38. The molecule has 6 heteroatoms. The molecule has 0 saturated heterocycles. The van der Waals surface area contributed by atoms with Gasteiger partial charge < -0.3 is 9.84 Å². The number of aromatic nitrogens is 1. The fourth-order valence-corrected chi connectivity index (χ4v) is 2.54. The van der Waals surface area contributed by atoms with Crippen LogP contribution in [0.5, 0.6) is 11.6 Å². The largest absolute Gasteiger partial charge is 0.497 e. The molecule has 1 aromatic carbocycles. The summed E-state index contributed by atoms with van der Waals surface area (Å²) >= 11 is 0. The molecule has 0 aliphatic heterocycles. The third-order valence-corrected chi connectivity index (χ3v) is 3.83. The Labute approximate surface area is 139 Å². The summed E-state index contributed by atoms with van der Waals surface area (Å²) < 4.78 is 6.13. The number of rotatable bonds is 5. The van der Waals surface area contributed by atoms with Gasteiger partial charge in [-0.2, -0.15) is 5.26 Å². The normalized spacial score (nSPS) is 10.2. The van der Waals surface area contributed by atoms with Crippen molar-refractivity contribution in [3.8, 4) is 17.7 Å². The summed E-state index contributed by atoms with van der Waals surface area (Å²) in [5, 5.41) is 19.7. The van der Waals surface area contributed by atoms with E-state index in [2.05, 4.69) is 0 Å². The van der Waals surface area contributed by atoms with Gasteiger partial charge in [0.1, 0.15) is 17.4 Å². The highest BCUT2D eigenvalue weighted by molar-refractivity contribution is 6.11. The number of methoxy groups -OCH3 is 1. The number of ether oxygens (including phenoxy) is 1. The summed E-state index contributed by atoms with van der Waals surface area (Å²) in [5.41, 5.74) is -0.212. The minimum atomic E-state index is -0.583. The van der Waals surface area contributed by atoms with E-state index in [1.807, 2.05) is 13.0 Å². The van der Waals surface area contributed by atoms with E-state index in [1.165, 1.54) is 14.0 Å². The summed E-state index contributed by atoms with van der Waals surface area (Å²) in [4.78, 5) is 25.1. The second kappa shape index (κ2) is 7.01. The number of pyridine rings is 1. The van der Waals surface area contributed by atoms with Gasteiger partial charge in [-0.1, -0.05) is 6.92 Å². The second-order valence-corrected chi connectivity index (χ2v) is 5.32. The van der Waals surface area contributed by atoms with Crippen molar-refractivity contribution >= 4 is 5.78 Å². The van der Waals surface area contributed by atoms with Gasteiger partial charge >= 0.3 is 0 Å². The van der Waals surface area contributed by atoms with Crippen molar-refractivity contribution in [1.29, 1.82) is 5.26 Å². The van der Waals surface area contributed by atoms with Crippen LogP contribution in [-0.4, -0.2) is 22.6 Å². The molecule has 1 heterocycles. The lowest BCUT2D eigenvalue weighted by Crippen LogP contribution is -2.26. The number of nitriles is 1. The molecule has 0 spiro atoms. The molecule has 0 saturated carbocycles. The molecule has 6 nitrogen and oxygen atoms in total. The number of benzene rings is 1. The zero-order valence-electron chi connectivity index (χ0n) is 13.8. The van der Waals surface area contributed by atoms with Crippen LogP contribution in [0.2, 0.25) is 0 Å². The van der Waals surface area contributed by atoms with Crippen molar-refractivity contribution in [3.63, 3.8) is 0 Å². The van der Waals surface area contributed by atoms with E-state index < -0.39 is 17.2 Å². The van der Waals surface area contributed by atoms with E-state index in [0.29, 0.717) is 17.7 Å². The van der Waals surface area contributed by atoms with Crippen LogP contribution in [-0.2, 0) is 6.54 Å². The first-order chi connectivity index (χ1) is 11.5. The minimum Gasteiger partial charge on any atom is -0.497 e. The molecule has 0 aliphatic carbocycles. The molecule has 0 bridgehead atoms. The van der Waals surface area contributed by atoms with Gasteiger partial charge in [0.25, 0.3) is 5.56 Å². The Morgan fingerprint density at radius 3 is 2.46 bits per heavy atom. The predicted molar refractivity (Wildman–Crippen MR) is 88.5 cm³/mol. The smallest absolute Gasteiger partial charge is 0.271 e. The highest BCUT2D eigenvalue weighted by Crippen LogP contribution is 2.25. The Morgan fingerprint density at radius 2 is 1.96 bits per heavy atom. The van der Waals surface area contributed by atoms with Crippen LogP contribution in [0.1, 0.15) is 40.4 Å². The monoisotopic (exact) mass is 326 g/mol.